The van der Waals surface area contributed by atoms with Crippen molar-refractivity contribution in [3.8, 4) is 0 Å². The Morgan fingerprint density at radius 3 is 2.22 bits per heavy atom. The molecule has 1 aromatic carbocycles. The third kappa shape index (κ3) is 2.74. The van der Waals surface area contributed by atoms with Crippen LogP contribution < -0.4 is 5.73 Å². The van der Waals surface area contributed by atoms with Gasteiger partial charge in [0.15, 0.2) is 0 Å². The molecule has 3 heteroatoms. The van der Waals surface area contributed by atoms with Crippen molar-refractivity contribution in [2.75, 3.05) is 6.54 Å². The second-order valence-corrected chi connectivity index (χ2v) is 5.35. The van der Waals surface area contributed by atoms with Gasteiger partial charge in [0.05, 0.1) is 12.2 Å². The maximum atomic E-state index is 10.8. The van der Waals surface area contributed by atoms with E-state index < -0.39 is 5.60 Å². The van der Waals surface area contributed by atoms with Crippen LogP contribution in [0.2, 0.25) is 0 Å². The molecule has 18 heavy (non-hydrogen) atoms. The van der Waals surface area contributed by atoms with Crippen LogP contribution in [0.3, 0.4) is 0 Å². The summed E-state index contributed by atoms with van der Waals surface area (Å²) in [6.45, 7) is 0.521. The Bertz CT molecular complexity index is 369. The smallest absolute Gasteiger partial charge is 0.0728 e. The lowest BCUT2D eigenvalue weighted by molar-refractivity contribution is -0.0194. The topological polar surface area (TPSA) is 66.5 Å². The number of hydrogen-bond acceptors (Lipinski definition) is 3. The van der Waals surface area contributed by atoms with E-state index in [1.165, 1.54) is 6.42 Å². The Morgan fingerprint density at radius 1 is 1.11 bits per heavy atom. The summed E-state index contributed by atoms with van der Waals surface area (Å²) >= 11 is 0. The average Bonchev–Trinajstić information content (AvgIpc) is 2.41. The summed E-state index contributed by atoms with van der Waals surface area (Å²) in [4.78, 5) is 0. The molecule has 3 nitrogen and oxygen atoms in total. The predicted molar refractivity (Wildman–Crippen MR) is 72.2 cm³/mol. The SMILES string of the molecule is NC[C@@H](c1ccc(CO)cc1)C1(O)CCCCC1. The second-order valence-electron chi connectivity index (χ2n) is 5.35. The zero-order valence-electron chi connectivity index (χ0n) is 10.8. The highest BCUT2D eigenvalue weighted by Crippen LogP contribution is 2.39. The molecule has 0 amide bonds. The molecule has 4 N–H and O–H groups in total. The summed E-state index contributed by atoms with van der Waals surface area (Å²) in [7, 11) is 0. The van der Waals surface area contributed by atoms with Crippen LogP contribution in [0.1, 0.15) is 49.1 Å². The van der Waals surface area contributed by atoms with E-state index in [0.717, 1.165) is 36.8 Å². The number of nitrogens with two attached hydrogens (primary N) is 1. The van der Waals surface area contributed by atoms with Crippen molar-refractivity contribution >= 4 is 0 Å². The van der Waals surface area contributed by atoms with Gasteiger partial charge in [0.2, 0.25) is 0 Å². The Balaban J connectivity index is 2.20. The minimum absolute atomic E-state index is 0.00513. The molecular weight excluding hydrogens is 226 g/mol. The molecule has 0 spiro atoms. The maximum absolute atomic E-state index is 10.8. The molecule has 1 fully saturated rings. The first-order chi connectivity index (χ1) is 8.69. The summed E-state index contributed by atoms with van der Waals surface area (Å²) in [6.07, 6.45) is 5.07. The lowest BCUT2D eigenvalue weighted by Crippen LogP contribution is -2.41. The zero-order valence-corrected chi connectivity index (χ0v) is 10.8. The standard InChI is InChI=1S/C15H23NO2/c16-10-14(15(18)8-2-1-3-9-15)13-6-4-12(11-17)5-7-13/h4-7,14,17-18H,1-3,8-11,16H2/t14-/m0/s1. The first-order valence-corrected chi connectivity index (χ1v) is 6.82. The normalized spacial score (nSPS) is 20.6. The largest absolute Gasteiger partial charge is 0.392 e. The number of aliphatic hydroxyl groups excluding tert-OH is 1. The van der Waals surface area contributed by atoms with Crippen LogP contribution >= 0.6 is 0 Å². The van der Waals surface area contributed by atoms with Crippen LogP contribution in [0.25, 0.3) is 0 Å². The van der Waals surface area contributed by atoms with Crippen molar-refractivity contribution in [3.63, 3.8) is 0 Å². The predicted octanol–water partition coefficient (Wildman–Crippen LogP) is 1.92. The highest BCUT2D eigenvalue weighted by molar-refractivity contribution is 5.28. The van der Waals surface area contributed by atoms with Gasteiger partial charge in [-0.3, -0.25) is 0 Å². The lowest BCUT2D eigenvalue weighted by Gasteiger charge is -2.39. The number of rotatable bonds is 4. The molecule has 1 atom stereocenters. The molecule has 0 radical (unpaired) electrons. The van der Waals surface area contributed by atoms with Crippen molar-refractivity contribution in [1.29, 1.82) is 0 Å². The zero-order chi connectivity index (χ0) is 13.0. The number of benzene rings is 1. The Labute approximate surface area is 109 Å². The van der Waals surface area contributed by atoms with Crippen molar-refractivity contribution in [3.05, 3.63) is 35.4 Å². The molecule has 0 bridgehead atoms. The van der Waals surface area contributed by atoms with Gasteiger partial charge in [-0.2, -0.15) is 0 Å². The van der Waals surface area contributed by atoms with Gasteiger partial charge in [0, 0.05) is 12.5 Å². The minimum atomic E-state index is -0.645. The first kappa shape index (κ1) is 13.5. The van der Waals surface area contributed by atoms with Crippen LogP contribution in [0.15, 0.2) is 24.3 Å². The van der Waals surface area contributed by atoms with Crippen LogP contribution in [0, 0.1) is 0 Å². The third-order valence-electron chi connectivity index (χ3n) is 4.17. The van der Waals surface area contributed by atoms with Crippen LogP contribution in [-0.2, 0) is 6.61 Å². The van der Waals surface area contributed by atoms with Crippen molar-refractivity contribution in [2.45, 2.75) is 50.2 Å². The fourth-order valence-corrected chi connectivity index (χ4v) is 3.03. The summed E-state index contributed by atoms with van der Waals surface area (Å²) in [5.41, 5.74) is 7.21. The van der Waals surface area contributed by atoms with E-state index in [1.54, 1.807) is 0 Å². The lowest BCUT2D eigenvalue weighted by atomic mass is 9.73. The van der Waals surface area contributed by atoms with Crippen molar-refractivity contribution in [2.24, 2.45) is 5.73 Å². The molecule has 0 saturated heterocycles. The highest BCUT2D eigenvalue weighted by Gasteiger charge is 2.37. The van der Waals surface area contributed by atoms with E-state index in [0.29, 0.717) is 6.54 Å². The number of hydrogen-bond donors (Lipinski definition) is 3. The molecule has 0 unspecified atom stereocenters. The average molecular weight is 249 g/mol. The minimum Gasteiger partial charge on any atom is -0.392 e. The van der Waals surface area contributed by atoms with E-state index >= 15 is 0 Å². The summed E-state index contributed by atoms with van der Waals surface area (Å²) < 4.78 is 0. The third-order valence-corrected chi connectivity index (χ3v) is 4.17. The molecular formula is C15H23NO2. The molecule has 1 aromatic rings. The Morgan fingerprint density at radius 2 is 1.72 bits per heavy atom. The summed E-state index contributed by atoms with van der Waals surface area (Å²) in [5.74, 6) is 0.00513. The van der Waals surface area contributed by atoms with E-state index in [1.807, 2.05) is 24.3 Å². The fraction of sp³-hybridized carbons (Fsp3) is 0.600. The van der Waals surface area contributed by atoms with Gasteiger partial charge in [-0.05, 0) is 24.0 Å². The van der Waals surface area contributed by atoms with Gasteiger partial charge in [-0.25, -0.2) is 0 Å². The van der Waals surface area contributed by atoms with Crippen molar-refractivity contribution in [1.82, 2.24) is 0 Å². The van der Waals surface area contributed by atoms with Gasteiger partial charge >= 0.3 is 0 Å². The molecule has 0 heterocycles. The Kier molecular flexibility index (Phi) is 4.38. The van der Waals surface area contributed by atoms with E-state index in [4.69, 9.17) is 10.8 Å². The van der Waals surface area contributed by atoms with E-state index in [2.05, 4.69) is 0 Å². The van der Waals surface area contributed by atoms with Crippen LogP contribution in [-0.4, -0.2) is 22.4 Å². The van der Waals surface area contributed by atoms with Crippen LogP contribution in [0.4, 0.5) is 0 Å². The monoisotopic (exact) mass is 249 g/mol. The molecule has 100 valence electrons. The van der Waals surface area contributed by atoms with E-state index in [9.17, 15) is 5.11 Å². The quantitative estimate of drug-likeness (QED) is 0.763. The summed E-state index contributed by atoms with van der Waals surface area (Å²) in [6, 6.07) is 7.78. The van der Waals surface area contributed by atoms with Gasteiger partial charge < -0.3 is 15.9 Å². The van der Waals surface area contributed by atoms with Gasteiger partial charge in [-0.1, -0.05) is 43.5 Å². The van der Waals surface area contributed by atoms with E-state index in [-0.39, 0.29) is 12.5 Å². The molecule has 1 aliphatic rings. The molecule has 0 aliphatic heterocycles. The summed E-state index contributed by atoms with van der Waals surface area (Å²) in [5, 5.41) is 19.8. The van der Waals surface area contributed by atoms with Crippen molar-refractivity contribution < 1.29 is 10.2 Å². The highest BCUT2D eigenvalue weighted by atomic mass is 16.3. The molecule has 1 aliphatic carbocycles. The Hall–Kier alpha value is -0.900. The van der Waals surface area contributed by atoms with Gasteiger partial charge in [-0.15, -0.1) is 0 Å². The maximum Gasteiger partial charge on any atom is 0.0728 e. The second kappa shape index (κ2) is 5.83. The molecule has 2 rings (SSSR count). The fourth-order valence-electron chi connectivity index (χ4n) is 3.03. The van der Waals surface area contributed by atoms with Gasteiger partial charge in [0.25, 0.3) is 0 Å². The number of aliphatic hydroxyl groups is 2. The molecule has 1 saturated carbocycles. The van der Waals surface area contributed by atoms with Crippen LogP contribution in [0.5, 0.6) is 0 Å². The first-order valence-electron chi connectivity index (χ1n) is 6.82. The molecule has 0 aromatic heterocycles. The van der Waals surface area contributed by atoms with Gasteiger partial charge in [0.1, 0.15) is 0 Å².